The Balaban J connectivity index is 3.17. The van der Waals surface area contributed by atoms with Crippen molar-refractivity contribution in [3.63, 3.8) is 0 Å². The molecule has 10 heteroatoms. The molecule has 1 rings (SSSR count). The van der Waals surface area contributed by atoms with E-state index in [1.54, 1.807) is 0 Å². The highest BCUT2D eigenvalue weighted by Crippen LogP contribution is 3.02. The van der Waals surface area contributed by atoms with E-state index < -0.39 is 45.7 Å². The van der Waals surface area contributed by atoms with E-state index >= 15 is 0 Å². The molecule has 0 fully saturated rings. The van der Waals surface area contributed by atoms with Crippen molar-refractivity contribution in [1.29, 1.82) is 0 Å². The van der Waals surface area contributed by atoms with Crippen molar-refractivity contribution in [2.45, 2.75) is 12.5 Å². The molecule has 0 radical (unpaired) electrons. The lowest BCUT2D eigenvalue weighted by Crippen LogP contribution is -2.23. The lowest BCUT2D eigenvalue weighted by Gasteiger charge is -2.42. The lowest BCUT2D eigenvalue weighted by molar-refractivity contribution is -0.144. The van der Waals surface area contributed by atoms with Crippen LogP contribution in [-0.4, -0.2) is 23.1 Å². The van der Waals surface area contributed by atoms with Gasteiger partial charge in [0.1, 0.15) is 4.91 Å². The third-order valence-corrected chi connectivity index (χ3v) is 2.91. The number of rotatable bonds is 3. The standard InChI is InChI=1S/C6H5F5O4S/c7-16(8,9,10,11)4-2-6(14)15-3(4)1-5(12)13/h2-3H,1H2,(H,12,13). The van der Waals surface area contributed by atoms with Gasteiger partial charge < -0.3 is 9.84 Å². The van der Waals surface area contributed by atoms with Crippen LogP contribution in [0.15, 0.2) is 11.0 Å². The molecule has 1 aliphatic rings. The van der Waals surface area contributed by atoms with E-state index in [4.69, 9.17) is 5.11 Å². The molecule has 1 N–H and O–H groups in total. The molecule has 0 saturated carbocycles. The minimum absolute atomic E-state index is 0.408. The van der Waals surface area contributed by atoms with Gasteiger partial charge in [-0.25, -0.2) is 4.79 Å². The maximum atomic E-state index is 12.3. The van der Waals surface area contributed by atoms with Crippen LogP contribution in [0.25, 0.3) is 0 Å². The molecule has 0 aromatic rings. The van der Waals surface area contributed by atoms with Gasteiger partial charge in [0.05, 0.1) is 6.42 Å². The van der Waals surface area contributed by atoms with Crippen molar-refractivity contribution in [1.82, 2.24) is 0 Å². The Hall–Kier alpha value is -1.32. The molecule has 94 valence electrons. The average Bonchev–Trinajstić information content (AvgIpc) is 2.25. The molecule has 0 amide bonds. The monoisotopic (exact) mass is 268 g/mol. The summed E-state index contributed by atoms with van der Waals surface area (Å²) in [6, 6.07) is 0. The minimum atomic E-state index is -10.1. The summed E-state index contributed by atoms with van der Waals surface area (Å²) in [4.78, 5) is 18.1. The quantitative estimate of drug-likeness (QED) is 0.631. The second kappa shape index (κ2) is 2.67. The van der Waals surface area contributed by atoms with Crippen molar-refractivity contribution < 1.29 is 38.9 Å². The third kappa shape index (κ3) is 2.84. The van der Waals surface area contributed by atoms with Crippen LogP contribution in [-0.2, 0) is 14.3 Å². The number of ether oxygens (including phenoxy) is 1. The first-order valence-electron chi connectivity index (χ1n) is 3.68. The Morgan fingerprint density at radius 1 is 1.38 bits per heavy atom. The van der Waals surface area contributed by atoms with Gasteiger partial charge in [0, 0.05) is 6.08 Å². The second-order valence-electron chi connectivity index (χ2n) is 3.04. The predicted octanol–water partition coefficient (Wildman–Crippen LogP) is 2.57. The van der Waals surface area contributed by atoms with Gasteiger partial charge >= 0.3 is 22.2 Å². The topological polar surface area (TPSA) is 63.6 Å². The highest BCUT2D eigenvalue weighted by atomic mass is 32.5. The van der Waals surface area contributed by atoms with Gasteiger partial charge in [-0.15, -0.1) is 0 Å². The highest BCUT2D eigenvalue weighted by Gasteiger charge is 2.71. The number of hydrogen-bond acceptors (Lipinski definition) is 3. The molecular formula is C6H5F5O4S. The number of aliphatic carboxylic acids is 1. The van der Waals surface area contributed by atoms with Crippen LogP contribution in [0.5, 0.6) is 0 Å². The number of carbonyl (C=O) groups is 2. The fourth-order valence-corrected chi connectivity index (χ4v) is 2.05. The number of carbonyl (C=O) groups excluding carboxylic acids is 1. The van der Waals surface area contributed by atoms with Crippen LogP contribution in [0.3, 0.4) is 0 Å². The van der Waals surface area contributed by atoms with Crippen LogP contribution in [0, 0.1) is 0 Å². The molecule has 4 nitrogen and oxygen atoms in total. The lowest BCUT2D eigenvalue weighted by atomic mass is 10.2. The maximum absolute atomic E-state index is 12.3. The van der Waals surface area contributed by atoms with Gasteiger partial charge in [-0.3, -0.25) is 4.79 Å². The zero-order chi connectivity index (χ0) is 12.8. The van der Waals surface area contributed by atoms with Gasteiger partial charge in [0.15, 0.2) is 6.10 Å². The van der Waals surface area contributed by atoms with Crippen LogP contribution in [0.1, 0.15) is 6.42 Å². The Morgan fingerprint density at radius 2 is 1.88 bits per heavy atom. The van der Waals surface area contributed by atoms with Crippen molar-refractivity contribution in [3.8, 4) is 0 Å². The molecule has 1 aliphatic heterocycles. The molecule has 1 heterocycles. The largest absolute Gasteiger partial charge is 0.481 e. The van der Waals surface area contributed by atoms with Gasteiger partial charge in [0.2, 0.25) is 0 Å². The Kier molecular flexibility index (Phi) is 2.13. The predicted molar refractivity (Wildman–Crippen MR) is 43.3 cm³/mol. The molecule has 0 aliphatic carbocycles. The number of halogens is 5. The first-order chi connectivity index (χ1) is 6.79. The maximum Gasteiger partial charge on any atom is 0.332 e. The summed E-state index contributed by atoms with van der Waals surface area (Å²) in [5.74, 6) is -3.41. The molecule has 16 heavy (non-hydrogen) atoms. The van der Waals surface area contributed by atoms with E-state index in [0.717, 1.165) is 0 Å². The molecule has 0 bridgehead atoms. The third-order valence-electron chi connectivity index (χ3n) is 1.64. The zero-order valence-electron chi connectivity index (χ0n) is 7.33. The van der Waals surface area contributed by atoms with Gasteiger partial charge in [-0.1, -0.05) is 19.4 Å². The van der Waals surface area contributed by atoms with E-state index in [2.05, 4.69) is 4.74 Å². The van der Waals surface area contributed by atoms with Crippen molar-refractivity contribution in [2.75, 3.05) is 0 Å². The van der Waals surface area contributed by atoms with Crippen LogP contribution < -0.4 is 0 Å². The van der Waals surface area contributed by atoms with E-state index in [-0.39, 0.29) is 0 Å². The summed E-state index contributed by atoms with van der Waals surface area (Å²) in [5.41, 5.74) is 0. The van der Waals surface area contributed by atoms with E-state index in [0.29, 0.717) is 0 Å². The van der Waals surface area contributed by atoms with Crippen LogP contribution in [0.2, 0.25) is 0 Å². The number of carboxylic acids is 1. The van der Waals surface area contributed by atoms with Crippen molar-refractivity contribution in [2.24, 2.45) is 0 Å². The summed E-state index contributed by atoms with van der Waals surface area (Å²) >= 11 is 0. The first-order valence-corrected chi connectivity index (χ1v) is 5.63. The van der Waals surface area contributed by atoms with E-state index in [9.17, 15) is 29.0 Å². The molecule has 1 unspecified atom stereocenters. The smallest absolute Gasteiger partial charge is 0.332 e. The van der Waals surface area contributed by atoms with Crippen LogP contribution >= 0.6 is 10.2 Å². The number of carboxylic acid groups (broad SMARTS) is 1. The number of esters is 1. The molecule has 1 atom stereocenters. The van der Waals surface area contributed by atoms with E-state index in [1.807, 2.05) is 0 Å². The summed E-state index contributed by atoms with van der Waals surface area (Å²) < 4.78 is 65.4. The second-order valence-corrected chi connectivity index (χ2v) is 5.45. The van der Waals surface area contributed by atoms with Crippen molar-refractivity contribution >= 4 is 22.2 Å². The summed E-state index contributed by atoms with van der Waals surface area (Å²) in [6.45, 7) is 0. The minimum Gasteiger partial charge on any atom is -0.481 e. The van der Waals surface area contributed by atoms with Gasteiger partial charge in [-0.05, 0) is 0 Å². The normalized spacial score (nSPS) is 25.4. The highest BCUT2D eigenvalue weighted by molar-refractivity contribution is 8.48. The molecular weight excluding hydrogens is 263 g/mol. The number of cyclic esters (lactones) is 1. The van der Waals surface area contributed by atoms with E-state index in [1.165, 1.54) is 0 Å². The fraction of sp³-hybridized carbons (Fsp3) is 0.333. The Labute approximate surface area is 85.4 Å². The number of hydrogen-bond donors (Lipinski definition) is 1. The summed E-state index contributed by atoms with van der Waals surface area (Å²) in [6.07, 6.45) is -4.25. The Bertz CT molecular complexity index is 396. The summed E-state index contributed by atoms with van der Waals surface area (Å²) in [7, 11) is -10.1. The molecule has 0 spiro atoms. The fourth-order valence-electron chi connectivity index (χ4n) is 1.10. The average molecular weight is 268 g/mol. The van der Waals surface area contributed by atoms with Crippen LogP contribution in [0.4, 0.5) is 19.4 Å². The molecule has 0 saturated heterocycles. The molecule has 0 aromatic heterocycles. The molecule has 0 aromatic carbocycles. The van der Waals surface area contributed by atoms with Gasteiger partial charge in [-0.2, -0.15) is 0 Å². The SMILES string of the molecule is O=C(O)CC1OC(=O)C=C1S(F)(F)(F)(F)F. The van der Waals surface area contributed by atoms with Gasteiger partial charge in [0.25, 0.3) is 0 Å². The van der Waals surface area contributed by atoms with Crippen molar-refractivity contribution in [3.05, 3.63) is 11.0 Å². The zero-order valence-corrected chi connectivity index (χ0v) is 8.15. The summed E-state index contributed by atoms with van der Waals surface area (Å²) in [5, 5.41) is 8.19. The Morgan fingerprint density at radius 3 is 2.25 bits per heavy atom. The first kappa shape index (κ1) is 12.7.